The summed E-state index contributed by atoms with van der Waals surface area (Å²) in [5.74, 6) is 1.50. The Morgan fingerprint density at radius 3 is 2.81 bits per heavy atom. The van der Waals surface area contributed by atoms with Crippen LogP contribution in [0, 0.1) is 12.8 Å². The maximum Gasteiger partial charge on any atom is 0.233 e. The minimum atomic E-state index is 0.0349. The molecule has 1 fully saturated rings. The fourth-order valence-electron chi connectivity index (χ4n) is 5.25. The molecule has 188 valence electrons. The second-order valence-corrected chi connectivity index (χ2v) is 9.68. The molecule has 4 heterocycles. The van der Waals surface area contributed by atoms with Crippen LogP contribution in [0.25, 0.3) is 22.2 Å². The fraction of sp³-hybridized carbons (Fsp3) is 0.321. The van der Waals surface area contributed by atoms with E-state index < -0.39 is 0 Å². The number of fused-ring (bicyclic) bond motifs is 2. The van der Waals surface area contributed by atoms with Crippen LogP contribution < -0.4 is 20.3 Å². The smallest absolute Gasteiger partial charge is 0.233 e. The number of nitrogens with zero attached hydrogens (tertiary/aromatic N) is 5. The number of rotatable bonds is 5. The van der Waals surface area contributed by atoms with Crippen molar-refractivity contribution in [2.75, 3.05) is 37.0 Å². The molecular formula is C28H29N7O2. The normalized spacial score (nSPS) is 17.0. The first-order valence-corrected chi connectivity index (χ1v) is 12.6. The first-order valence-electron chi connectivity index (χ1n) is 12.6. The molecule has 1 atom stereocenters. The van der Waals surface area contributed by atoms with Crippen molar-refractivity contribution in [2.45, 2.75) is 26.3 Å². The van der Waals surface area contributed by atoms with Gasteiger partial charge in [-0.3, -0.25) is 4.79 Å². The van der Waals surface area contributed by atoms with Crippen LogP contribution in [0.3, 0.4) is 0 Å². The Hall–Kier alpha value is -4.11. The monoisotopic (exact) mass is 495 g/mol. The zero-order chi connectivity index (χ0) is 25.4. The van der Waals surface area contributed by atoms with Crippen LogP contribution >= 0.6 is 0 Å². The molecule has 37 heavy (non-hydrogen) atoms. The standard InChI is InChI=1S/C28H29N7O2/c1-17-11-20(24-5-6-25(37-2)34-33-24)13-23-26(17)30-16-31-27(23)35-10-8-18-3-4-22(12-21(18)15-35)32-28(36)19-7-9-29-14-19/h3-6,11-13,16,19,29H,7-10,14-15H2,1-2H3,(H,32,36)/t19-/m1/s1. The molecule has 0 unspecified atom stereocenters. The predicted molar refractivity (Wildman–Crippen MR) is 143 cm³/mol. The minimum absolute atomic E-state index is 0.0349. The highest BCUT2D eigenvalue weighted by atomic mass is 16.5. The lowest BCUT2D eigenvalue weighted by Gasteiger charge is -2.31. The zero-order valence-electron chi connectivity index (χ0n) is 21.0. The molecule has 2 aliphatic rings. The van der Waals surface area contributed by atoms with Crippen molar-refractivity contribution in [2.24, 2.45) is 5.92 Å². The molecule has 1 saturated heterocycles. The van der Waals surface area contributed by atoms with Crippen molar-refractivity contribution in [3.8, 4) is 17.1 Å². The number of nitrogens with one attached hydrogen (secondary N) is 2. The van der Waals surface area contributed by atoms with Gasteiger partial charge >= 0.3 is 0 Å². The summed E-state index contributed by atoms with van der Waals surface area (Å²) in [5.41, 5.74) is 7.06. The number of ether oxygens (including phenoxy) is 1. The van der Waals surface area contributed by atoms with Gasteiger partial charge in [0.1, 0.15) is 12.1 Å². The van der Waals surface area contributed by atoms with Gasteiger partial charge in [0.25, 0.3) is 0 Å². The Balaban J connectivity index is 1.31. The molecule has 2 aromatic heterocycles. The number of benzene rings is 2. The molecule has 6 rings (SSSR count). The Morgan fingerprint density at radius 1 is 1.11 bits per heavy atom. The van der Waals surface area contributed by atoms with Crippen molar-refractivity contribution in [3.05, 3.63) is 65.5 Å². The zero-order valence-corrected chi connectivity index (χ0v) is 21.0. The summed E-state index contributed by atoms with van der Waals surface area (Å²) in [6.07, 6.45) is 3.43. The van der Waals surface area contributed by atoms with Gasteiger partial charge in [0, 0.05) is 42.3 Å². The van der Waals surface area contributed by atoms with Crippen LogP contribution in [0.15, 0.2) is 48.8 Å². The Labute approximate surface area is 215 Å². The van der Waals surface area contributed by atoms with E-state index in [1.807, 2.05) is 18.2 Å². The second-order valence-electron chi connectivity index (χ2n) is 9.68. The van der Waals surface area contributed by atoms with Gasteiger partial charge < -0.3 is 20.3 Å². The molecule has 4 aromatic rings. The number of aryl methyl sites for hydroxylation is 1. The van der Waals surface area contributed by atoms with Crippen LogP contribution in [0.1, 0.15) is 23.1 Å². The van der Waals surface area contributed by atoms with Crippen LogP contribution in [0.2, 0.25) is 0 Å². The molecule has 0 bridgehead atoms. The highest BCUT2D eigenvalue weighted by molar-refractivity contribution is 5.95. The van der Waals surface area contributed by atoms with E-state index in [1.165, 1.54) is 11.1 Å². The van der Waals surface area contributed by atoms with E-state index in [1.54, 1.807) is 13.4 Å². The quantitative estimate of drug-likeness (QED) is 0.433. The van der Waals surface area contributed by atoms with Crippen LogP contribution in [0.5, 0.6) is 5.88 Å². The molecule has 9 nitrogen and oxygen atoms in total. The Morgan fingerprint density at radius 2 is 2.03 bits per heavy atom. The number of hydrogen-bond donors (Lipinski definition) is 2. The number of aromatic nitrogens is 4. The maximum absolute atomic E-state index is 12.6. The predicted octanol–water partition coefficient (Wildman–Crippen LogP) is 3.51. The van der Waals surface area contributed by atoms with Crippen molar-refractivity contribution >= 4 is 28.3 Å². The number of carbonyl (C=O) groups excluding carboxylic acids is 1. The number of hydrogen-bond acceptors (Lipinski definition) is 8. The van der Waals surface area contributed by atoms with Crippen molar-refractivity contribution in [1.29, 1.82) is 0 Å². The van der Waals surface area contributed by atoms with Gasteiger partial charge in [-0.15, -0.1) is 10.2 Å². The first-order chi connectivity index (χ1) is 18.1. The van der Waals surface area contributed by atoms with E-state index in [-0.39, 0.29) is 11.8 Å². The summed E-state index contributed by atoms with van der Waals surface area (Å²) in [4.78, 5) is 24.2. The van der Waals surface area contributed by atoms with Gasteiger partial charge in [0.15, 0.2) is 0 Å². The number of methoxy groups -OCH3 is 1. The minimum Gasteiger partial charge on any atom is -0.480 e. The molecule has 2 aromatic carbocycles. The van der Waals surface area contributed by atoms with Crippen molar-refractivity contribution in [3.63, 3.8) is 0 Å². The van der Waals surface area contributed by atoms with Gasteiger partial charge in [0.2, 0.25) is 11.8 Å². The highest BCUT2D eigenvalue weighted by Crippen LogP contribution is 2.33. The summed E-state index contributed by atoms with van der Waals surface area (Å²) in [7, 11) is 1.58. The van der Waals surface area contributed by atoms with E-state index in [0.29, 0.717) is 12.4 Å². The lowest BCUT2D eigenvalue weighted by molar-refractivity contribution is -0.119. The fourth-order valence-corrected chi connectivity index (χ4v) is 5.25. The molecular weight excluding hydrogens is 466 g/mol. The molecule has 1 amide bonds. The first kappa shape index (κ1) is 23.3. The summed E-state index contributed by atoms with van der Waals surface area (Å²) in [5, 5.41) is 15.8. The topological polar surface area (TPSA) is 105 Å². The molecule has 2 N–H and O–H groups in total. The molecule has 0 aliphatic carbocycles. The average molecular weight is 496 g/mol. The van der Waals surface area contributed by atoms with Crippen LogP contribution in [-0.4, -0.2) is 52.8 Å². The van der Waals surface area contributed by atoms with Crippen molar-refractivity contribution in [1.82, 2.24) is 25.5 Å². The Bertz CT molecular complexity index is 1470. The van der Waals surface area contributed by atoms with Crippen molar-refractivity contribution < 1.29 is 9.53 Å². The van der Waals surface area contributed by atoms with Gasteiger partial charge in [-0.1, -0.05) is 6.07 Å². The maximum atomic E-state index is 12.6. The van der Waals surface area contributed by atoms with E-state index in [9.17, 15) is 4.79 Å². The molecule has 9 heteroatoms. The summed E-state index contributed by atoms with van der Waals surface area (Å²) in [6, 6.07) is 14.1. The van der Waals surface area contributed by atoms with Crippen LogP contribution in [0.4, 0.5) is 11.5 Å². The van der Waals surface area contributed by atoms with E-state index >= 15 is 0 Å². The molecule has 2 aliphatic heterocycles. The van der Waals surface area contributed by atoms with Gasteiger partial charge in [0.05, 0.1) is 24.2 Å². The third-order valence-electron chi connectivity index (χ3n) is 7.27. The third-order valence-corrected chi connectivity index (χ3v) is 7.27. The average Bonchev–Trinajstić information content (AvgIpc) is 3.48. The van der Waals surface area contributed by atoms with E-state index in [2.05, 4.69) is 61.9 Å². The molecule has 0 radical (unpaired) electrons. The van der Waals surface area contributed by atoms with Gasteiger partial charge in [-0.2, -0.15) is 0 Å². The van der Waals surface area contributed by atoms with Gasteiger partial charge in [-0.25, -0.2) is 9.97 Å². The number of anilines is 2. The summed E-state index contributed by atoms with van der Waals surface area (Å²) >= 11 is 0. The number of amides is 1. The highest BCUT2D eigenvalue weighted by Gasteiger charge is 2.24. The van der Waals surface area contributed by atoms with E-state index in [4.69, 9.17) is 9.72 Å². The van der Waals surface area contributed by atoms with E-state index in [0.717, 1.165) is 71.7 Å². The lowest BCUT2D eigenvalue weighted by atomic mass is 9.98. The van der Waals surface area contributed by atoms with Crippen LogP contribution in [-0.2, 0) is 17.8 Å². The largest absolute Gasteiger partial charge is 0.480 e. The number of carbonyl (C=O) groups is 1. The lowest BCUT2D eigenvalue weighted by Crippen LogP contribution is -2.31. The SMILES string of the molecule is COc1ccc(-c2cc(C)c3ncnc(N4CCc5ccc(NC(=O)[C@@H]6CCNC6)cc5C4)c3c2)nn1. The summed E-state index contributed by atoms with van der Waals surface area (Å²) in [6.45, 7) is 5.26. The molecule has 0 spiro atoms. The van der Waals surface area contributed by atoms with Gasteiger partial charge in [-0.05, 0) is 73.3 Å². The second kappa shape index (κ2) is 9.74. The third kappa shape index (κ3) is 4.58. The Kier molecular flexibility index (Phi) is 6.13. The molecule has 0 saturated carbocycles. The summed E-state index contributed by atoms with van der Waals surface area (Å²) < 4.78 is 5.16.